The lowest BCUT2D eigenvalue weighted by atomic mass is 10.2. The van der Waals surface area contributed by atoms with Crippen LogP contribution in [0.2, 0.25) is 0 Å². The lowest BCUT2D eigenvalue weighted by Crippen LogP contribution is -2.27. The minimum atomic E-state index is -0.176. The summed E-state index contributed by atoms with van der Waals surface area (Å²) in [5.74, 6) is 0.540. The van der Waals surface area contributed by atoms with Gasteiger partial charge in [0, 0.05) is 30.0 Å². The first-order valence-corrected chi connectivity index (χ1v) is 6.03. The summed E-state index contributed by atoms with van der Waals surface area (Å²) in [6.07, 6.45) is 5.79. The van der Waals surface area contributed by atoms with Gasteiger partial charge in [-0.1, -0.05) is 0 Å². The molecule has 0 bridgehead atoms. The van der Waals surface area contributed by atoms with Gasteiger partial charge in [0.05, 0.1) is 6.10 Å². The third-order valence-electron chi connectivity index (χ3n) is 2.61. The molecule has 3 nitrogen and oxygen atoms in total. The van der Waals surface area contributed by atoms with Gasteiger partial charge in [0.15, 0.2) is 0 Å². The zero-order chi connectivity index (χ0) is 10.7. The van der Waals surface area contributed by atoms with Crippen molar-refractivity contribution in [1.82, 2.24) is 10.3 Å². The molecule has 82 valence electrons. The fourth-order valence-corrected chi connectivity index (χ4v) is 1.98. The Hall–Kier alpha value is -0.450. The first-order valence-electron chi connectivity index (χ1n) is 5.24. The summed E-state index contributed by atoms with van der Waals surface area (Å²) in [5, 5.41) is 12.9. The van der Waals surface area contributed by atoms with Crippen molar-refractivity contribution in [3.05, 3.63) is 28.5 Å². The Morgan fingerprint density at radius 3 is 3.00 bits per heavy atom. The van der Waals surface area contributed by atoms with Crippen molar-refractivity contribution in [2.75, 3.05) is 6.54 Å². The van der Waals surface area contributed by atoms with E-state index in [0.29, 0.717) is 12.5 Å². The average Bonchev–Trinajstić information content (AvgIpc) is 3.00. The summed E-state index contributed by atoms with van der Waals surface area (Å²) >= 11 is 3.38. The van der Waals surface area contributed by atoms with Gasteiger partial charge in [0.2, 0.25) is 0 Å². The van der Waals surface area contributed by atoms with Crippen molar-refractivity contribution in [1.29, 1.82) is 0 Å². The minimum Gasteiger partial charge on any atom is -0.392 e. The largest absolute Gasteiger partial charge is 0.392 e. The van der Waals surface area contributed by atoms with Crippen LogP contribution in [0.4, 0.5) is 0 Å². The smallest absolute Gasteiger partial charge is 0.0692 e. The van der Waals surface area contributed by atoms with Crippen molar-refractivity contribution in [2.45, 2.75) is 25.5 Å². The number of halogens is 1. The van der Waals surface area contributed by atoms with E-state index < -0.39 is 0 Å². The molecule has 1 saturated carbocycles. The molecule has 0 aromatic carbocycles. The molecule has 2 rings (SSSR count). The zero-order valence-electron chi connectivity index (χ0n) is 8.49. The maximum atomic E-state index is 9.63. The Bertz CT molecular complexity index is 328. The van der Waals surface area contributed by atoms with Gasteiger partial charge in [0.25, 0.3) is 0 Å². The number of aromatic nitrogens is 1. The highest BCUT2D eigenvalue weighted by Crippen LogP contribution is 2.32. The number of hydrogen-bond acceptors (Lipinski definition) is 3. The van der Waals surface area contributed by atoms with Crippen LogP contribution in [0.5, 0.6) is 0 Å². The van der Waals surface area contributed by atoms with Gasteiger partial charge in [-0.05, 0) is 46.3 Å². The molecule has 1 aromatic heterocycles. The molecule has 0 amide bonds. The number of pyridine rings is 1. The molecule has 1 unspecified atom stereocenters. The molecule has 1 atom stereocenters. The highest BCUT2D eigenvalue weighted by atomic mass is 79.9. The van der Waals surface area contributed by atoms with Crippen molar-refractivity contribution in [3.8, 4) is 0 Å². The van der Waals surface area contributed by atoms with Gasteiger partial charge in [-0.3, -0.25) is 4.98 Å². The highest BCUT2D eigenvalue weighted by Gasteiger charge is 2.28. The van der Waals surface area contributed by atoms with E-state index in [1.54, 1.807) is 6.20 Å². The third kappa shape index (κ3) is 3.55. The van der Waals surface area contributed by atoms with E-state index in [-0.39, 0.29) is 6.10 Å². The van der Waals surface area contributed by atoms with E-state index >= 15 is 0 Å². The molecule has 1 aliphatic rings. The van der Waals surface area contributed by atoms with Crippen LogP contribution in [0.25, 0.3) is 0 Å². The van der Waals surface area contributed by atoms with Gasteiger partial charge in [-0.15, -0.1) is 0 Å². The Kier molecular flexibility index (Phi) is 3.72. The third-order valence-corrected chi connectivity index (χ3v) is 3.04. The lowest BCUT2D eigenvalue weighted by Gasteiger charge is -2.10. The van der Waals surface area contributed by atoms with Crippen LogP contribution >= 0.6 is 15.9 Å². The Morgan fingerprint density at radius 2 is 2.33 bits per heavy atom. The van der Waals surface area contributed by atoms with Crippen LogP contribution < -0.4 is 5.32 Å². The molecular formula is C11H15BrN2O. The normalized spacial score (nSPS) is 17.7. The molecule has 2 N–H and O–H groups in total. The second-order valence-electron chi connectivity index (χ2n) is 4.05. The van der Waals surface area contributed by atoms with Crippen LogP contribution in [0.1, 0.15) is 18.4 Å². The summed E-state index contributed by atoms with van der Waals surface area (Å²) in [5.41, 5.74) is 1.13. The summed E-state index contributed by atoms with van der Waals surface area (Å²) in [6.45, 7) is 1.44. The predicted octanol–water partition coefficient (Wildman–Crippen LogP) is 1.70. The van der Waals surface area contributed by atoms with Crippen molar-refractivity contribution in [3.63, 3.8) is 0 Å². The fourth-order valence-electron chi connectivity index (χ4n) is 1.56. The van der Waals surface area contributed by atoms with Crippen LogP contribution in [0.3, 0.4) is 0 Å². The van der Waals surface area contributed by atoms with Crippen molar-refractivity contribution < 1.29 is 5.11 Å². The summed E-state index contributed by atoms with van der Waals surface area (Å²) < 4.78 is 0.990. The number of rotatable bonds is 5. The molecule has 1 aromatic rings. The van der Waals surface area contributed by atoms with E-state index in [0.717, 1.165) is 16.6 Å². The van der Waals surface area contributed by atoms with Gasteiger partial charge in [0.1, 0.15) is 0 Å². The standard InChI is InChI=1S/C11H15BrN2O/c12-10-3-8(4-13-6-10)5-14-7-11(15)9-1-2-9/h3-4,6,9,11,14-15H,1-2,5,7H2. The summed E-state index contributed by atoms with van der Waals surface area (Å²) in [7, 11) is 0. The Morgan fingerprint density at radius 1 is 1.53 bits per heavy atom. The molecule has 0 aliphatic heterocycles. The van der Waals surface area contributed by atoms with E-state index in [9.17, 15) is 5.11 Å². The maximum Gasteiger partial charge on any atom is 0.0692 e. The molecule has 0 spiro atoms. The van der Waals surface area contributed by atoms with Crippen LogP contribution in [-0.4, -0.2) is 22.7 Å². The molecule has 15 heavy (non-hydrogen) atoms. The molecule has 1 heterocycles. The molecule has 1 aliphatic carbocycles. The van der Waals surface area contributed by atoms with E-state index in [2.05, 4.69) is 26.2 Å². The number of aliphatic hydroxyl groups excluding tert-OH is 1. The Balaban J connectivity index is 1.73. The van der Waals surface area contributed by atoms with Crippen LogP contribution in [0.15, 0.2) is 22.9 Å². The second kappa shape index (κ2) is 5.05. The summed E-state index contributed by atoms with van der Waals surface area (Å²) in [4.78, 5) is 4.08. The van der Waals surface area contributed by atoms with Crippen molar-refractivity contribution >= 4 is 15.9 Å². The number of aliphatic hydroxyl groups is 1. The van der Waals surface area contributed by atoms with Gasteiger partial charge in [-0.25, -0.2) is 0 Å². The molecular weight excluding hydrogens is 256 g/mol. The predicted molar refractivity (Wildman–Crippen MR) is 62.4 cm³/mol. The van der Waals surface area contributed by atoms with E-state index in [1.807, 2.05) is 12.3 Å². The highest BCUT2D eigenvalue weighted by molar-refractivity contribution is 9.10. The first kappa shape index (κ1) is 11.0. The van der Waals surface area contributed by atoms with E-state index in [4.69, 9.17) is 0 Å². The maximum absolute atomic E-state index is 9.63. The molecule has 0 saturated heterocycles. The van der Waals surface area contributed by atoms with Gasteiger partial charge < -0.3 is 10.4 Å². The van der Waals surface area contributed by atoms with Crippen LogP contribution in [0, 0.1) is 5.92 Å². The summed E-state index contributed by atoms with van der Waals surface area (Å²) in [6, 6.07) is 2.03. The molecule has 0 radical (unpaired) electrons. The monoisotopic (exact) mass is 270 g/mol. The zero-order valence-corrected chi connectivity index (χ0v) is 10.1. The van der Waals surface area contributed by atoms with Crippen LogP contribution in [-0.2, 0) is 6.54 Å². The van der Waals surface area contributed by atoms with Crippen molar-refractivity contribution in [2.24, 2.45) is 5.92 Å². The fraction of sp³-hybridized carbons (Fsp3) is 0.545. The Labute approximate surface area is 98.0 Å². The average molecular weight is 271 g/mol. The first-order chi connectivity index (χ1) is 7.25. The second-order valence-corrected chi connectivity index (χ2v) is 4.96. The van der Waals surface area contributed by atoms with Gasteiger partial charge in [-0.2, -0.15) is 0 Å². The SMILES string of the molecule is OC(CNCc1cncc(Br)c1)C1CC1. The number of nitrogens with zero attached hydrogens (tertiary/aromatic N) is 1. The molecule has 4 heteroatoms. The number of nitrogens with one attached hydrogen (secondary N) is 1. The molecule has 1 fully saturated rings. The minimum absolute atomic E-state index is 0.176. The topological polar surface area (TPSA) is 45.1 Å². The van der Waals surface area contributed by atoms with Gasteiger partial charge >= 0.3 is 0 Å². The lowest BCUT2D eigenvalue weighted by molar-refractivity contribution is 0.148. The number of hydrogen-bond donors (Lipinski definition) is 2. The quantitative estimate of drug-likeness (QED) is 0.856. The van der Waals surface area contributed by atoms with E-state index in [1.165, 1.54) is 12.8 Å².